The van der Waals surface area contributed by atoms with Crippen molar-refractivity contribution in [3.8, 4) is 0 Å². The number of aromatic amines is 1. The predicted octanol–water partition coefficient (Wildman–Crippen LogP) is 1.09. The summed E-state index contributed by atoms with van der Waals surface area (Å²) in [6.07, 6.45) is 1.75. The first-order chi connectivity index (χ1) is 5.66. The molecule has 0 aliphatic heterocycles. The smallest absolute Gasteiger partial charge is 0.275 e. The number of rotatable bonds is 0. The molecule has 5 heteroatoms. The number of halogens is 1. The summed E-state index contributed by atoms with van der Waals surface area (Å²) in [4.78, 5) is 13.9. The molecule has 62 valence electrons. The summed E-state index contributed by atoms with van der Waals surface area (Å²) in [5.74, 6) is 0.607. The number of hydrogen-bond acceptors (Lipinski definition) is 2. The average Bonchev–Trinajstić information content (AvgIpc) is 2.29. The zero-order valence-electron chi connectivity index (χ0n) is 6.34. The van der Waals surface area contributed by atoms with Crippen LogP contribution in [0.4, 0.5) is 0 Å². The Morgan fingerprint density at radius 1 is 1.67 bits per heavy atom. The topological polar surface area (TPSA) is 50.2 Å². The van der Waals surface area contributed by atoms with Crippen molar-refractivity contribution in [2.45, 2.75) is 6.92 Å². The first-order valence-corrected chi connectivity index (χ1v) is 4.21. The molecule has 2 heterocycles. The summed E-state index contributed by atoms with van der Waals surface area (Å²) in [5, 5.41) is 4.09. The summed E-state index contributed by atoms with van der Waals surface area (Å²) in [6.45, 7) is 1.74. The molecule has 2 aromatic heterocycles. The van der Waals surface area contributed by atoms with Crippen molar-refractivity contribution in [1.29, 1.82) is 0 Å². The number of fused-ring (bicyclic) bond motifs is 1. The van der Waals surface area contributed by atoms with Crippen LogP contribution in [0.2, 0.25) is 0 Å². The van der Waals surface area contributed by atoms with Crippen LogP contribution in [0.1, 0.15) is 5.82 Å². The summed E-state index contributed by atoms with van der Waals surface area (Å²) in [5.41, 5.74) is 0.431. The number of aryl methyl sites for hydroxylation is 1. The molecule has 0 aliphatic carbocycles. The molecular weight excluding hydrogens is 222 g/mol. The van der Waals surface area contributed by atoms with Gasteiger partial charge in [-0.3, -0.25) is 4.79 Å². The van der Waals surface area contributed by atoms with Gasteiger partial charge in [0, 0.05) is 10.7 Å². The van der Waals surface area contributed by atoms with E-state index in [1.54, 1.807) is 23.7 Å². The van der Waals surface area contributed by atoms with Gasteiger partial charge in [-0.05, 0) is 28.9 Å². The van der Waals surface area contributed by atoms with Gasteiger partial charge >= 0.3 is 0 Å². The van der Waals surface area contributed by atoms with Crippen LogP contribution in [0, 0.1) is 6.92 Å². The Balaban J connectivity index is 2.98. The summed E-state index contributed by atoms with van der Waals surface area (Å²) in [6, 6.07) is 1.73. The molecule has 4 nitrogen and oxygen atoms in total. The van der Waals surface area contributed by atoms with E-state index < -0.39 is 0 Å². The Morgan fingerprint density at radius 3 is 3.17 bits per heavy atom. The van der Waals surface area contributed by atoms with Crippen LogP contribution in [0.5, 0.6) is 0 Å². The molecule has 0 fully saturated rings. The van der Waals surface area contributed by atoms with E-state index in [4.69, 9.17) is 0 Å². The number of H-pyrrole nitrogens is 1. The molecule has 0 saturated carbocycles. The van der Waals surface area contributed by atoms with Crippen molar-refractivity contribution in [3.63, 3.8) is 0 Å². The number of nitrogens with zero attached hydrogens (tertiary/aromatic N) is 2. The van der Waals surface area contributed by atoms with Gasteiger partial charge in [0.15, 0.2) is 0 Å². The van der Waals surface area contributed by atoms with Gasteiger partial charge in [-0.15, -0.1) is 0 Å². The maximum Gasteiger partial charge on any atom is 0.275 e. The average molecular weight is 228 g/mol. The van der Waals surface area contributed by atoms with Gasteiger partial charge in [-0.1, -0.05) is 0 Å². The van der Waals surface area contributed by atoms with E-state index in [2.05, 4.69) is 26.0 Å². The van der Waals surface area contributed by atoms with Crippen LogP contribution in [0.25, 0.3) is 5.52 Å². The van der Waals surface area contributed by atoms with Gasteiger partial charge in [-0.25, -0.2) is 4.52 Å². The fourth-order valence-corrected chi connectivity index (χ4v) is 1.50. The highest BCUT2D eigenvalue weighted by Gasteiger charge is 2.01. The summed E-state index contributed by atoms with van der Waals surface area (Å²) < 4.78 is 2.41. The van der Waals surface area contributed by atoms with Crippen molar-refractivity contribution in [1.82, 2.24) is 14.6 Å². The van der Waals surface area contributed by atoms with Gasteiger partial charge in [0.2, 0.25) is 0 Å². The van der Waals surface area contributed by atoms with Gasteiger partial charge in [-0.2, -0.15) is 5.10 Å². The Bertz CT molecular complexity index is 485. The summed E-state index contributed by atoms with van der Waals surface area (Å²) >= 11 is 3.27. The van der Waals surface area contributed by atoms with Gasteiger partial charge in [0.1, 0.15) is 11.3 Å². The Labute approximate surface area is 76.4 Å². The molecule has 0 saturated heterocycles. The van der Waals surface area contributed by atoms with Crippen LogP contribution >= 0.6 is 15.9 Å². The summed E-state index contributed by atoms with van der Waals surface area (Å²) in [7, 11) is 0. The first-order valence-electron chi connectivity index (χ1n) is 3.41. The molecule has 2 aromatic rings. The molecule has 0 atom stereocenters. The molecule has 0 bridgehead atoms. The van der Waals surface area contributed by atoms with Crippen molar-refractivity contribution >= 4 is 21.4 Å². The zero-order chi connectivity index (χ0) is 8.72. The third kappa shape index (κ3) is 1.06. The monoisotopic (exact) mass is 227 g/mol. The van der Waals surface area contributed by atoms with Crippen LogP contribution in [0.3, 0.4) is 0 Å². The number of hydrogen-bond donors (Lipinski definition) is 1. The minimum Gasteiger partial charge on any atom is -0.307 e. The molecule has 0 aliphatic rings. The number of nitrogens with one attached hydrogen (secondary N) is 1. The second-order valence-corrected chi connectivity index (χ2v) is 3.44. The van der Waals surface area contributed by atoms with Crippen molar-refractivity contribution < 1.29 is 0 Å². The van der Waals surface area contributed by atoms with Crippen LogP contribution in [-0.4, -0.2) is 14.6 Å². The van der Waals surface area contributed by atoms with E-state index in [1.807, 2.05) is 0 Å². The largest absolute Gasteiger partial charge is 0.307 e. The zero-order valence-corrected chi connectivity index (χ0v) is 7.92. The van der Waals surface area contributed by atoms with Crippen molar-refractivity contribution in [3.05, 3.63) is 32.9 Å². The third-order valence-corrected chi connectivity index (χ3v) is 1.99. The van der Waals surface area contributed by atoms with Crippen molar-refractivity contribution in [2.75, 3.05) is 0 Å². The molecule has 2 rings (SSSR count). The SMILES string of the molecule is Cc1nn2cc(Br)cc2c(=O)[nH]1. The highest BCUT2D eigenvalue weighted by molar-refractivity contribution is 9.10. The first kappa shape index (κ1) is 7.54. The lowest BCUT2D eigenvalue weighted by molar-refractivity contribution is 0.842. The van der Waals surface area contributed by atoms with E-state index in [1.165, 1.54) is 0 Å². The Hall–Kier alpha value is -1.10. The Morgan fingerprint density at radius 2 is 2.42 bits per heavy atom. The second kappa shape index (κ2) is 2.45. The Kier molecular flexibility index (Phi) is 1.54. The number of aromatic nitrogens is 3. The lowest BCUT2D eigenvalue weighted by atomic mass is 10.5. The van der Waals surface area contributed by atoms with Gasteiger partial charge in [0.25, 0.3) is 5.56 Å². The van der Waals surface area contributed by atoms with Crippen LogP contribution in [-0.2, 0) is 0 Å². The third-order valence-electron chi connectivity index (χ3n) is 1.55. The highest BCUT2D eigenvalue weighted by Crippen LogP contribution is 2.10. The van der Waals surface area contributed by atoms with Crippen molar-refractivity contribution in [2.24, 2.45) is 0 Å². The molecule has 0 aromatic carbocycles. The van der Waals surface area contributed by atoms with E-state index in [-0.39, 0.29) is 5.56 Å². The maximum absolute atomic E-state index is 11.3. The molecule has 0 spiro atoms. The minimum atomic E-state index is -0.117. The fourth-order valence-electron chi connectivity index (χ4n) is 1.09. The molecule has 0 unspecified atom stereocenters. The van der Waals surface area contributed by atoms with E-state index >= 15 is 0 Å². The standard InChI is InChI=1S/C7H6BrN3O/c1-4-9-7(12)6-2-5(8)3-11(6)10-4/h2-3H,1H3,(H,9,10,12). The van der Waals surface area contributed by atoms with Gasteiger partial charge < -0.3 is 4.98 Å². The predicted molar refractivity (Wildman–Crippen MR) is 48.2 cm³/mol. The van der Waals surface area contributed by atoms with E-state index in [9.17, 15) is 4.79 Å². The molecule has 1 N–H and O–H groups in total. The molecular formula is C7H6BrN3O. The lowest BCUT2D eigenvalue weighted by Gasteiger charge is -1.93. The van der Waals surface area contributed by atoms with E-state index in [0.29, 0.717) is 11.3 Å². The molecule has 0 radical (unpaired) electrons. The lowest BCUT2D eigenvalue weighted by Crippen LogP contribution is -2.12. The second-order valence-electron chi connectivity index (χ2n) is 2.53. The van der Waals surface area contributed by atoms with Crippen LogP contribution in [0.15, 0.2) is 21.5 Å². The van der Waals surface area contributed by atoms with Gasteiger partial charge in [0.05, 0.1) is 0 Å². The molecule has 12 heavy (non-hydrogen) atoms. The van der Waals surface area contributed by atoms with Crippen LogP contribution < -0.4 is 5.56 Å². The fraction of sp³-hybridized carbons (Fsp3) is 0.143. The van der Waals surface area contributed by atoms with E-state index in [0.717, 1.165) is 4.47 Å². The highest BCUT2D eigenvalue weighted by atomic mass is 79.9. The minimum absolute atomic E-state index is 0.117. The quantitative estimate of drug-likeness (QED) is 0.733. The molecule has 0 amide bonds. The normalized spacial score (nSPS) is 10.8. The maximum atomic E-state index is 11.3.